The van der Waals surface area contributed by atoms with E-state index >= 15 is 0 Å². The highest BCUT2D eigenvalue weighted by Crippen LogP contribution is 2.32. The van der Waals surface area contributed by atoms with E-state index in [9.17, 15) is 0 Å². The van der Waals surface area contributed by atoms with Gasteiger partial charge in [0.25, 0.3) is 0 Å². The summed E-state index contributed by atoms with van der Waals surface area (Å²) in [6, 6.07) is 7.88. The summed E-state index contributed by atoms with van der Waals surface area (Å²) in [5.74, 6) is 1.00. The highest BCUT2D eigenvalue weighted by molar-refractivity contribution is 5.36. The summed E-state index contributed by atoms with van der Waals surface area (Å²) in [5, 5.41) is 3.80. The van der Waals surface area contributed by atoms with Gasteiger partial charge in [-0.15, -0.1) is 0 Å². The molecule has 0 bridgehead atoms. The summed E-state index contributed by atoms with van der Waals surface area (Å²) >= 11 is 0. The van der Waals surface area contributed by atoms with Crippen molar-refractivity contribution in [3.8, 4) is 0 Å². The number of rotatable bonds is 7. The van der Waals surface area contributed by atoms with Crippen molar-refractivity contribution in [2.24, 2.45) is 5.92 Å². The zero-order valence-corrected chi connectivity index (χ0v) is 13.7. The Morgan fingerprint density at radius 1 is 1.10 bits per heavy atom. The third-order valence-electron chi connectivity index (χ3n) is 5.50. The summed E-state index contributed by atoms with van der Waals surface area (Å²) in [7, 11) is 0. The maximum Gasteiger partial charge on any atom is 0.0320 e. The normalized spacial score (nSPS) is 19.9. The van der Waals surface area contributed by atoms with Gasteiger partial charge in [-0.3, -0.25) is 0 Å². The van der Waals surface area contributed by atoms with Gasteiger partial charge in [-0.1, -0.05) is 50.8 Å². The van der Waals surface area contributed by atoms with E-state index in [4.69, 9.17) is 0 Å². The van der Waals surface area contributed by atoms with Gasteiger partial charge < -0.3 is 5.32 Å². The second-order valence-corrected chi connectivity index (χ2v) is 7.12. The van der Waals surface area contributed by atoms with Crippen LogP contribution in [0.1, 0.15) is 81.0 Å². The zero-order valence-electron chi connectivity index (χ0n) is 13.7. The Morgan fingerprint density at radius 3 is 2.71 bits per heavy atom. The molecule has 0 spiro atoms. The summed E-state index contributed by atoms with van der Waals surface area (Å²) in [6.07, 6.45) is 13.8. The number of fused-ring (bicyclic) bond motifs is 1. The molecule has 1 aromatic rings. The molecule has 0 saturated heterocycles. The van der Waals surface area contributed by atoms with E-state index in [-0.39, 0.29) is 0 Å². The molecular weight excluding hydrogens is 254 g/mol. The molecule has 21 heavy (non-hydrogen) atoms. The van der Waals surface area contributed by atoms with Crippen molar-refractivity contribution in [2.45, 2.75) is 77.2 Å². The van der Waals surface area contributed by atoms with E-state index in [1.807, 2.05) is 0 Å². The van der Waals surface area contributed by atoms with Crippen LogP contribution in [0.5, 0.6) is 0 Å². The average molecular weight is 285 g/mol. The van der Waals surface area contributed by atoms with Gasteiger partial charge in [-0.25, -0.2) is 0 Å². The highest BCUT2D eigenvalue weighted by Gasteiger charge is 2.19. The molecule has 0 amide bonds. The van der Waals surface area contributed by atoms with Crippen LogP contribution in [0.3, 0.4) is 0 Å². The number of aryl methyl sites for hydroxylation is 2. The van der Waals surface area contributed by atoms with Gasteiger partial charge in [0.15, 0.2) is 0 Å². The van der Waals surface area contributed by atoms with E-state index in [1.165, 1.54) is 64.2 Å². The van der Waals surface area contributed by atoms with Crippen LogP contribution in [-0.2, 0) is 12.8 Å². The lowest BCUT2D eigenvalue weighted by Gasteiger charge is -2.21. The monoisotopic (exact) mass is 285 g/mol. The van der Waals surface area contributed by atoms with Crippen molar-refractivity contribution >= 4 is 0 Å². The first-order chi connectivity index (χ1) is 10.4. The Balaban J connectivity index is 1.65. The van der Waals surface area contributed by atoms with Crippen molar-refractivity contribution in [3.63, 3.8) is 0 Å². The molecule has 0 aromatic heterocycles. The first kappa shape index (κ1) is 15.1. The second kappa shape index (κ2) is 7.45. The topological polar surface area (TPSA) is 12.0 Å². The Labute approximate surface area is 130 Å². The highest BCUT2D eigenvalue weighted by atomic mass is 14.9. The smallest absolute Gasteiger partial charge is 0.0320 e. The fraction of sp³-hybridized carbons (Fsp3) is 0.700. The number of benzene rings is 1. The van der Waals surface area contributed by atoms with Gasteiger partial charge in [0.05, 0.1) is 0 Å². The van der Waals surface area contributed by atoms with E-state index in [0.29, 0.717) is 6.04 Å². The Hall–Kier alpha value is -0.820. The average Bonchev–Trinajstić information content (AvgIpc) is 3.17. The van der Waals surface area contributed by atoms with E-state index in [1.54, 1.807) is 16.7 Å². The van der Waals surface area contributed by atoms with Crippen LogP contribution in [0.25, 0.3) is 0 Å². The molecular formula is C20H31N. The zero-order chi connectivity index (χ0) is 14.5. The lowest BCUT2D eigenvalue weighted by molar-refractivity contribution is 0.411. The van der Waals surface area contributed by atoms with E-state index in [0.717, 1.165) is 12.5 Å². The molecule has 2 aliphatic rings. The van der Waals surface area contributed by atoms with Crippen LogP contribution < -0.4 is 5.32 Å². The van der Waals surface area contributed by atoms with Crippen LogP contribution in [0, 0.1) is 5.92 Å². The quantitative estimate of drug-likeness (QED) is 0.727. The minimum atomic E-state index is 0.580. The molecule has 1 unspecified atom stereocenters. The third-order valence-corrected chi connectivity index (χ3v) is 5.50. The molecule has 1 fully saturated rings. The molecule has 2 aliphatic carbocycles. The summed E-state index contributed by atoms with van der Waals surface area (Å²) in [6.45, 7) is 3.41. The molecule has 0 radical (unpaired) electrons. The van der Waals surface area contributed by atoms with Crippen molar-refractivity contribution in [1.29, 1.82) is 0 Å². The van der Waals surface area contributed by atoms with Gasteiger partial charge in [0.1, 0.15) is 0 Å². The first-order valence-corrected chi connectivity index (χ1v) is 9.22. The van der Waals surface area contributed by atoms with Crippen LogP contribution in [-0.4, -0.2) is 6.54 Å². The van der Waals surface area contributed by atoms with Crippen molar-refractivity contribution in [1.82, 2.24) is 5.32 Å². The fourth-order valence-corrected chi connectivity index (χ4v) is 4.22. The lowest BCUT2D eigenvalue weighted by Crippen LogP contribution is -2.23. The molecule has 1 saturated carbocycles. The first-order valence-electron chi connectivity index (χ1n) is 9.22. The van der Waals surface area contributed by atoms with Crippen LogP contribution in [0.4, 0.5) is 0 Å². The maximum atomic E-state index is 3.80. The van der Waals surface area contributed by atoms with Crippen molar-refractivity contribution in [2.75, 3.05) is 6.54 Å². The van der Waals surface area contributed by atoms with Crippen LogP contribution in [0.2, 0.25) is 0 Å². The predicted molar refractivity (Wildman–Crippen MR) is 90.7 cm³/mol. The standard InChI is InChI=1S/C20H31N/c1-2-14-21-20(13-10-16-6-3-4-7-16)19-12-11-17-8-5-9-18(17)15-19/h11-12,15-16,20-21H,2-10,13-14H2,1H3. The van der Waals surface area contributed by atoms with Crippen molar-refractivity contribution in [3.05, 3.63) is 34.9 Å². The molecule has 3 rings (SSSR count). The molecule has 1 aromatic carbocycles. The van der Waals surface area contributed by atoms with Crippen molar-refractivity contribution < 1.29 is 0 Å². The fourth-order valence-electron chi connectivity index (χ4n) is 4.22. The van der Waals surface area contributed by atoms with Gasteiger partial charge in [0, 0.05) is 6.04 Å². The van der Waals surface area contributed by atoms with Crippen LogP contribution >= 0.6 is 0 Å². The summed E-state index contributed by atoms with van der Waals surface area (Å²) in [4.78, 5) is 0. The summed E-state index contributed by atoms with van der Waals surface area (Å²) in [5.41, 5.74) is 4.77. The lowest BCUT2D eigenvalue weighted by atomic mass is 9.93. The Kier molecular flexibility index (Phi) is 5.35. The molecule has 1 nitrogen and oxygen atoms in total. The maximum absolute atomic E-state index is 3.80. The minimum absolute atomic E-state index is 0.580. The second-order valence-electron chi connectivity index (χ2n) is 7.12. The molecule has 0 heterocycles. The Bertz CT molecular complexity index is 445. The third kappa shape index (κ3) is 3.88. The SMILES string of the molecule is CCCNC(CCC1CCCC1)c1ccc2c(c1)CCC2. The number of hydrogen-bond acceptors (Lipinski definition) is 1. The number of hydrogen-bond donors (Lipinski definition) is 1. The van der Waals surface area contributed by atoms with Crippen LogP contribution in [0.15, 0.2) is 18.2 Å². The van der Waals surface area contributed by atoms with Gasteiger partial charge in [0.2, 0.25) is 0 Å². The van der Waals surface area contributed by atoms with Gasteiger partial charge in [-0.2, -0.15) is 0 Å². The van der Waals surface area contributed by atoms with E-state index in [2.05, 4.69) is 30.4 Å². The van der Waals surface area contributed by atoms with Gasteiger partial charge >= 0.3 is 0 Å². The van der Waals surface area contributed by atoms with Gasteiger partial charge in [-0.05, 0) is 67.7 Å². The molecule has 0 aliphatic heterocycles. The predicted octanol–water partition coefficient (Wildman–Crippen LogP) is 5.19. The molecule has 1 heteroatoms. The Morgan fingerprint density at radius 2 is 1.90 bits per heavy atom. The molecule has 1 N–H and O–H groups in total. The largest absolute Gasteiger partial charge is 0.310 e. The summed E-state index contributed by atoms with van der Waals surface area (Å²) < 4.78 is 0. The minimum Gasteiger partial charge on any atom is -0.310 e. The van der Waals surface area contributed by atoms with E-state index < -0.39 is 0 Å². The number of nitrogens with one attached hydrogen (secondary N) is 1. The molecule has 116 valence electrons. The molecule has 1 atom stereocenters.